The van der Waals surface area contributed by atoms with Crippen LogP contribution in [0.5, 0.6) is 0 Å². The monoisotopic (exact) mass is 290 g/mol. The molecule has 1 saturated heterocycles. The van der Waals surface area contributed by atoms with Crippen LogP contribution in [0.1, 0.15) is 12.8 Å². The molecule has 1 heterocycles. The molecule has 4 unspecified atom stereocenters. The second-order valence-electron chi connectivity index (χ2n) is 4.86. The topological polar surface area (TPSA) is 67.9 Å². The van der Waals surface area contributed by atoms with Gasteiger partial charge in [-0.2, -0.15) is 0 Å². The molecule has 6 nitrogen and oxygen atoms in total. The number of alkyl halides is 1. The average Bonchev–Trinajstić information content (AvgIpc) is 2.42. The molecule has 19 heavy (non-hydrogen) atoms. The lowest BCUT2D eigenvalue weighted by atomic mass is 9.79. The number of ether oxygens (including phenoxy) is 2. The van der Waals surface area contributed by atoms with Gasteiger partial charge >= 0.3 is 6.03 Å². The highest BCUT2D eigenvalue weighted by Gasteiger charge is 2.47. The summed E-state index contributed by atoms with van der Waals surface area (Å²) < 4.78 is 10.7. The van der Waals surface area contributed by atoms with Gasteiger partial charge in [0.2, 0.25) is 5.91 Å². The van der Waals surface area contributed by atoms with Crippen LogP contribution in [-0.2, 0) is 14.3 Å². The van der Waals surface area contributed by atoms with E-state index >= 15 is 0 Å². The second kappa shape index (κ2) is 6.07. The van der Waals surface area contributed by atoms with Gasteiger partial charge in [0.15, 0.2) is 0 Å². The van der Waals surface area contributed by atoms with Crippen LogP contribution in [0.3, 0.4) is 0 Å². The van der Waals surface area contributed by atoms with Gasteiger partial charge < -0.3 is 14.8 Å². The summed E-state index contributed by atoms with van der Waals surface area (Å²) in [5.41, 5.74) is 0. The summed E-state index contributed by atoms with van der Waals surface area (Å²) in [4.78, 5) is 25.4. The van der Waals surface area contributed by atoms with Crippen molar-refractivity contribution in [1.82, 2.24) is 10.2 Å². The van der Waals surface area contributed by atoms with Crippen LogP contribution in [-0.4, -0.2) is 61.7 Å². The molecule has 1 aliphatic heterocycles. The number of nitrogens with one attached hydrogen (secondary N) is 1. The third kappa shape index (κ3) is 2.70. The molecule has 0 bridgehead atoms. The molecule has 2 rings (SSSR count). The minimum absolute atomic E-state index is 0.0982. The highest BCUT2D eigenvalue weighted by molar-refractivity contribution is 6.18. The maximum absolute atomic E-state index is 12.3. The van der Waals surface area contributed by atoms with Crippen molar-refractivity contribution in [2.75, 3.05) is 26.6 Å². The maximum Gasteiger partial charge on any atom is 0.324 e. The zero-order valence-corrected chi connectivity index (χ0v) is 11.9. The standard InChI is InChI=1S/C12H19ClN2O4/c1-18-9-5-7-8(6-10(9)19-2)14-12(17)15(4-3-13)11(7)16/h7-10H,3-6H2,1-2H3,(H,14,17). The fourth-order valence-corrected chi connectivity index (χ4v) is 3.06. The molecule has 0 aromatic carbocycles. The van der Waals surface area contributed by atoms with Crippen LogP contribution in [0, 0.1) is 5.92 Å². The third-order valence-electron chi connectivity index (χ3n) is 3.92. The zero-order valence-electron chi connectivity index (χ0n) is 11.1. The van der Waals surface area contributed by atoms with E-state index in [0.29, 0.717) is 12.8 Å². The second-order valence-corrected chi connectivity index (χ2v) is 5.24. The lowest BCUT2D eigenvalue weighted by Crippen LogP contribution is -2.64. The molecule has 4 atom stereocenters. The van der Waals surface area contributed by atoms with Crippen molar-refractivity contribution in [3.63, 3.8) is 0 Å². The van der Waals surface area contributed by atoms with Crippen molar-refractivity contribution in [2.45, 2.75) is 31.1 Å². The molecular weight excluding hydrogens is 272 g/mol. The highest BCUT2D eigenvalue weighted by Crippen LogP contribution is 2.32. The molecule has 0 spiro atoms. The van der Waals surface area contributed by atoms with Crippen molar-refractivity contribution in [1.29, 1.82) is 0 Å². The Morgan fingerprint density at radius 3 is 2.47 bits per heavy atom. The minimum Gasteiger partial charge on any atom is -0.379 e. The van der Waals surface area contributed by atoms with Gasteiger partial charge in [0.05, 0.1) is 18.1 Å². The number of carbonyl (C=O) groups excluding carboxylic acids is 2. The number of hydrogen-bond acceptors (Lipinski definition) is 4. The molecule has 1 N–H and O–H groups in total. The molecule has 108 valence electrons. The number of hydrogen-bond donors (Lipinski definition) is 1. The van der Waals surface area contributed by atoms with Crippen molar-refractivity contribution < 1.29 is 19.1 Å². The first-order valence-electron chi connectivity index (χ1n) is 6.35. The molecule has 1 aliphatic carbocycles. The van der Waals surface area contributed by atoms with E-state index in [-0.39, 0.29) is 48.5 Å². The van der Waals surface area contributed by atoms with Crippen LogP contribution in [0.25, 0.3) is 0 Å². The number of rotatable bonds is 4. The summed E-state index contributed by atoms with van der Waals surface area (Å²) in [5.74, 6) is -0.173. The van der Waals surface area contributed by atoms with E-state index in [0.717, 1.165) is 0 Å². The predicted molar refractivity (Wildman–Crippen MR) is 69.1 cm³/mol. The number of halogens is 1. The summed E-state index contributed by atoms with van der Waals surface area (Å²) in [6, 6.07) is -0.541. The van der Waals surface area contributed by atoms with E-state index in [1.165, 1.54) is 4.90 Å². The normalized spacial score (nSPS) is 35.0. The van der Waals surface area contributed by atoms with E-state index in [4.69, 9.17) is 21.1 Å². The molecule has 2 aliphatic rings. The smallest absolute Gasteiger partial charge is 0.324 e. The number of methoxy groups -OCH3 is 2. The fraction of sp³-hybridized carbons (Fsp3) is 0.833. The minimum atomic E-state index is -0.363. The Morgan fingerprint density at radius 2 is 1.89 bits per heavy atom. The first-order valence-corrected chi connectivity index (χ1v) is 6.89. The van der Waals surface area contributed by atoms with Crippen LogP contribution in [0.2, 0.25) is 0 Å². The molecule has 1 saturated carbocycles. The summed E-state index contributed by atoms with van der Waals surface area (Å²) in [7, 11) is 3.22. The molecule has 0 aromatic rings. The fourth-order valence-electron chi connectivity index (χ4n) is 2.89. The molecule has 0 aromatic heterocycles. The molecule has 3 amide bonds. The van der Waals surface area contributed by atoms with E-state index in [2.05, 4.69) is 5.32 Å². The van der Waals surface area contributed by atoms with Crippen molar-refractivity contribution in [3.8, 4) is 0 Å². The maximum atomic E-state index is 12.3. The molecule has 0 radical (unpaired) electrons. The van der Waals surface area contributed by atoms with Crippen molar-refractivity contribution in [3.05, 3.63) is 0 Å². The Labute approximate surface area is 117 Å². The first kappa shape index (κ1) is 14.6. The number of urea groups is 1. The Kier molecular flexibility index (Phi) is 4.65. The van der Waals surface area contributed by atoms with Gasteiger partial charge in [0.1, 0.15) is 0 Å². The van der Waals surface area contributed by atoms with Crippen LogP contribution >= 0.6 is 11.6 Å². The highest BCUT2D eigenvalue weighted by atomic mass is 35.5. The van der Waals surface area contributed by atoms with Crippen molar-refractivity contribution in [2.24, 2.45) is 5.92 Å². The lowest BCUT2D eigenvalue weighted by Gasteiger charge is -2.44. The Morgan fingerprint density at radius 1 is 1.26 bits per heavy atom. The van der Waals surface area contributed by atoms with E-state index in [9.17, 15) is 9.59 Å². The van der Waals surface area contributed by atoms with Gasteiger partial charge in [-0.1, -0.05) is 0 Å². The summed E-state index contributed by atoms with van der Waals surface area (Å²) in [6.07, 6.45) is 0.922. The quantitative estimate of drug-likeness (QED) is 0.769. The Hall–Kier alpha value is -0.850. The summed E-state index contributed by atoms with van der Waals surface area (Å²) in [5, 5.41) is 2.86. The van der Waals surface area contributed by atoms with Crippen LogP contribution < -0.4 is 5.32 Å². The van der Waals surface area contributed by atoms with Gasteiger partial charge in [-0.15, -0.1) is 11.6 Å². The van der Waals surface area contributed by atoms with Gasteiger partial charge in [-0.3, -0.25) is 9.69 Å². The Bertz CT molecular complexity index is 366. The predicted octanol–water partition coefficient (Wildman–Crippen LogP) is 0.586. The molecule has 7 heteroatoms. The summed E-state index contributed by atoms with van der Waals surface area (Å²) >= 11 is 5.62. The largest absolute Gasteiger partial charge is 0.379 e. The summed E-state index contributed by atoms with van der Waals surface area (Å²) in [6.45, 7) is 0.237. The Balaban J connectivity index is 2.14. The molecular formula is C12H19ClN2O4. The number of carbonyl (C=O) groups is 2. The lowest BCUT2D eigenvalue weighted by molar-refractivity contribution is -0.143. The zero-order chi connectivity index (χ0) is 14.0. The van der Waals surface area contributed by atoms with Crippen molar-refractivity contribution >= 4 is 23.5 Å². The third-order valence-corrected chi connectivity index (χ3v) is 4.09. The number of amides is 3. The van der Waals surface area contributed by atoms with E-state index in [1.54, 1.807) is 14.2 Å². The van der Waals surface area contributed by atoms with Crippen LogP contribution in [0.15, 0.2) is 0 Å². The van der Waals surface area contributed by atoms with Gasteiger partial charge in [-0.05, 0) is 12.8 Å². The van der Waals surface area contributed by atoms with Gasteiger partial charge in [-0.25, -0.2) is 4.79 Å². The van der Waals surface area contributed by atoms with Gasteiger partial charge in [0, 0.05) is 32.7 Å². The van der Waals surface area contributed by atoms with E-state index < -0.39 is 0 Å². The van der Waals surface area contributed by atoms with Gasteiger partial charge in [0.25, 0.3) is 0 Å². The van der Waals surface area contributed by atoms with E-state index in [1.807, 2.05) is 0 Å². The average molecular weight is 291 g/mol. The number of nitrogens with zero attached hydrogens (tertiary/aromatic N) is 1. The first-order chi connectivity index (χ1) is 9.12. The number of fused-ring (bicyclic) bond motifs is 1. The van der Waals surface area contributed by atoms with Crippen LogP contribution in [0.4, 0.5) is 4.79 Å². The SMILES string of the molecule is COC1CC2NC(=O)N(CCCl)C(=O)C2CC1OC. The molecule has 2 fully saturated rings. The number of imide groups is 1.